The molecule has 0 atom stereocenters. The molecule has 0 unspecified atom stereocenters. The lowest BCUT2D eigenvalue weighted by Gasteiger charge is -2.35. The lowest BCUT2D eigenvalue weighted by molar-refractivity contribution is -0.385. The average Bonchev–Trinajstić information content (AvgIpc) is 3.13. The van der Waals surface area contributed by atoms with Gasteiger partial charge in [0, 0.05) is 55.0 Å². The molecule has 30 heavy (non-hydrogen) atoms. The molecule has 8 nitrogen and oxygen atoms in total. The summed E-state index contributed by atoms with van der Waals surface area (Å²) in [6.45, 7) is 2.21. The molecule has 4 rings (SSSR count). The molecule has 2 aromatic heterocycles. The van der Waals surface area contributed by atoms with Crippen LogP contribution in [0.4, 0.5) is 15.9 Å². The number of thiophene rings is 1. The summed E-state index contributed by atoms with van der Waals surface area (Å²) in [5, 5.41) is 11.2. The fourth-order valence-corrected chi connectivity index (χ4v) is 4.77. The highest BCUT2D eigenvalue weighted by molar-refractivity contribution is 7.21. The Hall–Kier alpha value is -3.11. The predicted octanol–water partition coefficient (Wildman–Crippen LogP) is 3.45. The lowest BCUT2D eigenvalue weighted by Crippen LogP contribution is -2.49. The molecule has 1 aliphatic rings. The van der Waals surface area contributed by atoms with Crippen molar-refractivity contribution in [2.24, 2.45) is 0 Å². The molecule has 3 heterocycles. The van der Waals surface area contributed by atoms with Gasteiger partial charge in [0.25, 0.3) is 11.6 Å². The summed E-state index contributed by atoms with van der Waals surface area (Å²) in [6, 6.07) is 7.86. The van der Waals surface area contributed by atoms with Crippen LogP contribution in [0, 0.1) is 15.9 Å². The van der Waals surface area contributed by atoms with Gasteiger partial charge in [0.1, 0.15) is 17.8 Å². The van der Waals surface area contributed by atoms with Crippen molar-refractivity contribution in [3.8, 4) is 0 Å². The van der Waals surface area contributed by atoms with Crippen LogP contribution in [0.2, 0.25) is 0 Å². The molecule has 0 N–H and O–H groups in total. The fraction of sp³-hybridized carbons (Fsp3) is 0.300. The van der Waals surface area contributed by atoms with E-state index >= 15 is 0 Å². The first kappa shape index (κ1) is 20.2. The van der Waals surface area contributed by atoms with Gasteiger partial charge in [-0.25, -0.2) is 9.37 Å². The number of carbonyl (C=O) groups excluding carboxylic acids is 1. The summed E-state index contributed by atoms with van der Waals surface area (Å²) >= 11 is 1.28. The summed E-state index contributed by atoms with van der Waals surface area (Å²) in [5.74, 6) is 0.138. The van der Waals surface area contributed by atoms with Crippen LogP contribution in [0.3, 0.4) is 0 Å². The molecule has 1 aromatic carbocycles. The zero-order chi connectivity index (χ0) is 21.3. The van der Waals surface area contributed by atoms with Gasteiger partial charge in [-0.2, -0.15) is 0 Å². The van der Waals surface area contributed by atoms with Gasteiger partial charge < -0.3 is 14.5 Å². The molecular weight excluding hydrogens is 411 g/mol. The van der Waals surface area contributed by atoms with E-state index in [-0.39, 0.29) is 24.0 Å². The molecule has 0 saturated carbocycles. The molecular formula is C20H19FN4O4S. The molecule has 1 fully saturated rings. The van der Waals surface area contributed by atoms with Gasteiger partial charge >= 0.3 is 0 Å². The SMILES string of the molecule is COCc1c(C(=O)N2CCN(c3ccc([N+](=O)[O-])cn3)CC2)sc2cccc(F)c12. The highest BCUT2D eigenvalue weighted by Gasteiger charge is 2.28. The molecule has 0 spiro atoms. The first-order valence-corrected chi connectivity index (χ1v) is 10.1. The topological polar surface area (TPSA) is 88.8 Å². The van der Waals surface area contributed by atoms with Gasteiger partial charge in [-0.15, -0.1) is 11.3 Å². The Balaban J connectivity index is 1.51. The number of hydrogen-bond donors (Lipinski definition) is 0. The summed E-state index contributed by atoms with van der Waals surface area (Å²) < 4.78 is 20.3. The minimum absolute atomic E-state index is 0.0600. The van der Waals surface area contributed by atoms with E-state index in [1.807, 2.05) is 4.90 Å². The number of benzene rings is 1. The van der Waals surface area contributed by atoms with Crippen LogP contribution in [-0.4, -0.2) is 54.0 Å². The van der Waals surface area contributed by atoms with Crippen LogP contribution in [0.1, 0.15) is 15.2 Å². The minimum atomic E-state index is -0.487. The first-order chi connectivity index (χ1) is 14.5. The van der Waals surface area contributed by atoms with Crippen molar-refractivity contribution >= 4 is 38.8 Å². The van der Waals surface area contributed by atoms with Crippen molar-refractivity contribution in [2.45, 2.75) is 6.61 Å². The van der Waals surface area contributed by atoms with E-state index in [4.69, 9.17) is 4.74 Å². The Labute approximate surface area is 175 Å². The maximum absolute atomic E-state index is 14.4. The van der Waals surface area contributed by atoms with E-state index in [0.717, 1.165) is 4.70 Å². The Bertz CT molecular complexity index is 1090. The van der Waals surface area contributed by atoms with Crippen molar-refractivity contribution in [1.29, 1.82) is 0 Å². The van der Waals surface area contributed by atoms with E-state index in [2.05, 4.69) is 4.98 Å². The monoisotopic (exact) mass is 430 g/mol. The minimum Gasteiger partial charge on any atom is -0.380 e. The second-order valence-corrected chi connectivity index (χ2v) is 7.92. The number of nitro groups is 1. The van der Waals surface area contributed by atoms with Crippen LogP contribution in [0.15, 0.2) is 36.5 Å². The Morgan fingerprint density at radius 3 is 2.67 bits per heavy atom. The maximum Gasteiger partial charge on any atom is 0.287 e. The summed E-state index contributed by atoms with van der Waals surface area (Å²) in [4.78, 5) is 31.9. The molecule has 1 aliphatic heterocycles. The summed E-state index contributed by atoms with van der Waals surface area (Å²) in [5.41, 5.74) is 0.523. The summed E-state index contributed by atoms with van der Waals surface area (Å²) in [6.07, 6.45) is 1.23. The molecule has 0 radical (unpaired) electrons. The molecule has 1 amide bonds. The highest BCUT2D eigenvalue weighted by atomic mass is 32.1. The molecule has 0 aliphatic carbocycles. The molecule has 10 heteroatoms. The smallest absolute Gasteiger partial charge is 0.287 e. The Morgan fingerprint density at radius 1 is 1.27 bits per heavy atom. The number of amides is 1. The van der Waals surface area contributed by atoms with E-state index in [9.17, 15) is 19.3 Å². The summed E-state index contributed by atoms with van der Waals surface area (Å²) in [7, 11) is 1.52. The Morgan fingerprint density at radius 2 is 2.03 bits per heavy atom. The number of halogens is 1. The van der Waals surface area contributed by atoms with Crippen LogP contribution in [0.5, 0.6) is 0 Å². The normalized spacial score (nSPS) is 14.3. The van der Waals surface area contributed by atoms with E-state index in [0.29, 0.717) is 47.8 Å². The highest BCUT2D eigenvalue weighted by Crippen LogP contribution is 2.34. The number of pyridine rings is 1. The van der Waals surface area contributed by atoms with E-state index in [1.165, 1.54) is 36.8 Å². The second-order valence-electron chi connectivity index (χ2n) is 6.87. The number of hydrogen-bond acceptors (Lipinski definition) is 7. The van der Waals surface area contributed by atoms with Gasteiger partial charge in [-0.3, -0.25) is 14.9 Å². The standard InChI is InChI=1S/C20H19FN4O4S/c1-29-12-14-18-15(21)3-2-4-16(18)30-19(14)20(26)24-9-7-23(8-10-24)17-6-5-13(11-22-17)25(27)28/h2-6,11H,7-10,12H2,1H3. The van der Waals surface area contributed by atoms with Crippen molar-refractivity contribution < 1.29 is 18.8 Å². The van der Waals surface area contributed by atoms with Crippen molar-refractivity contribution in [2.75, 3.05) is 38.2 Å². The molecule has 3 aromatic rings. The van der Waals surface area contributed by atoms with Crippen molar-refractivity contribution in [3.05, 3.63) is 62.9 Å². The third-order valence-corrected chi connectivity index (χ3v) is 6.27. The van der Waals surface area contributed by atoms with Gasteiger partial charge in [-0.1, -0.05) is 6.07 Å². The first-order valence-electron chi connectivity index (χ1n) is 9.33. The zero-order valence-corrected chi connectivity index (χ0v) is 17.0. The van der Waals surface area contributed by atoms with Crippen LogP contribution < -0.4 is 4.90 Å². The Kier molecular flexibility index (Phi) is 5.60. The largest absolute Gasteiger partial charge is 0.380 e. The van der Waals surface area contributed by atoms with Crippen molar-refractivity contribution in [3.63, 3.8) is 0 Å². The number of anilines is 1. The van der Waals surface area contributed by atoms with Gasteiger partial charge in [0.05, 0.1) is 16.4 Å². The molecule has 1 saturated heterocycles. The molecule has 0 bridgehead atoms. The van der Waals surface area contributed by atoms with Crippen LogP contribution in [-0.2, 0) is 11.3 Å². The predicted molar refractivity (Wildman–Crippen MR) is 112 cm³/mol. The number of fused-ring (bicyclic) bond motifs is 1. The lowest BCUT2D eigenvalue weighted by atomic mass is 10.1. The quantitative estimate of drug-likeness (QED) is 0.455. The van der Waals surface area contributed by atoms with Crippen LogP contribution in [0.25, 0.3) is 10.1 Å². The molecule has 156 valence electrons. The number of carbonyl (C=O) groups is 1. The van der Waals surface area contributed by atoms with Gasteiger partial charge in [-0.05, 0) is 18.2 Å². The van der Waals surface area contributed by atoms with Crippen LogP contribution >= 0.6 is 11.3 Å². The number of nitrogens with zero attached hydrogens (tertiary/aromatic N) is 4. The van der Waals surface area contributed by atoms with E-state index in [1.54, 1.807) is 23.1 Å². The third kappa shape index (κ3) is 3.71. The fourth-order valence-electron chi connectivity index (χ4n) is 3.58. The zero-order valence-electron chi connectivity index (χ0n) is 16.2. The number of methoxy groups -OCH3 is 1. The maximum atomic E-state index is 14.4. The number of aromatic nitrogens is 1. The van der Waals surface area contributed by atoms with Gasteiger partial charge in [0.15, 0.2) is 0 Å². The number of piperazine rings is 1. The number of rotatable bonds is 5. The van der Waals surface area contributed by atoms with E-state index < -0.39 is 4.92 Å². The average molecular weight is 430 g/mol. The third-order valence-electron chi connectivity index (χ3n) is 5.08. The number of ether oxygens (including phenoxy) is 1. The van der Waals surface area contributed by atoms with Gasteiger partial charge in [0.2, 0.25) is 0 Å². The second kappa shape index (κ2) is 8.33. The van der Waals surface area contributed by atoms with Crippen molar-refractivity contribution in [1.82, 2.24) is 9.88 Å².